The summed E-state index contributed by atoms with van der Waals surface area (Å²) < 4.78 is 37.7. The molecule has 1 aliphatic rings. The minimum Gasteiger partial charge on any atom is -0.389 e. The van der Waals surface area contributed by atoms with E-state index in [4.69, 9.17) is 18.0 Å². The number of hydrogen-bond donors (Lipinski definition) is 1. The molecule has 1 heterocycles. The molecule has 116 valence electrons. The van der Waals surface area contributed by atoms with Gasteiger partial charge in [0.15, 0.2) is 9.84 Å². The van der Waals surface area contributed by atoms with E-state index < -0.39 is 15.2 Å². The SMILES string of the molecule is CS(=O)(=O)C1CSCCN1Cc1cc(C(N)=S)ccc1F. The molecule has 0 radical (unpaired) electrons. The monoisotopic (exact) mass is 348 g/mol. The fourth-order valence-electron chi connectivity index (χ4n) is 2.26. The average molecular weight is 348 g/mol. The van der Waals surface area contributed by atoms with Gasteiger partial charge in [0.05, 0.1) is 0 Å². The van der Waals surface area contributed by atoms with Gasteiger partial charge in [0.25, 0.3) is 0 Å². The Balaban J connectivity index is 2.27. The summed E-state index contributed by atoms with van der Waals surface area (Å²) in [5.74, 6) is 0.971. The predicted molar refractivity (Wildman–Crippen MR) is 88.7 cm³/mol. The zero-order valence-electron chi connectivity index (χ0n) is 11.6. The first kappa shape index (κ1) is 16.7. The van der Waals surface area contributed by atoms with Crippen molar-refractivity contribution in [3.05, 3.63) is 35.1 Å². The summed E-state index contributed by atoms with van der Waals surface area (Å²) in [4.78, 5) is 2.00. The van der Waals surface area contributed by atoms with Crippen molar-refractivity contribution in [1.82, 2.24) is 4.90 Å². The summed E-state index contributed by atoms with van der Waals surface area (Å²) in [6.07, 6.45) is 1.22. The molecule has 0 aliphatic carbocycles. The standard InChI is InChI=1S/C13H17FN2O2S3/c1-21(17,18)12-8-20-5-4-16(12)7-10-6-9(13(15)19)2-3-11(10)14/h2-3,6,12H,4-5,7-8H2,1H3,(H2,15,19). The molecule has 0 spiro atoms. The molecule has 4 nitrogen and oxygen atoms in total. The zero-order chi connectivity index (χ0) is 15.6. The van der Waals surface area contributed by atoms with E-state index >= 15 is 0 Å². The van der Waals surface area contributed by atoms with Crippen LogP contribution in [0.25, 0.3) is 0 Å². The molecule has 2 rings (SSSR count). The Morgan fingerprint density at radius 2 is 2.29 bits per heavy atom. The maximum Gasteiger partial charge on any atom is 0.164 e. The Labute approximate surface area is 133 Å². The number of sulfone groups is 1. The third-order valence-electron chi connectivity index (χ3n) is 3.39. The second kappa shape index (κ2) is 6.60. The summed E-state index contributed by atoms with van der Waals surface area (Å²) in [6, 6.07) is 4.44. The van der Waals surface area contributed by atoms with Gasteiger partial charge in [0, 0.05) is 42.0 Å². The molecule has 0 saturated carbocycles. The molecule has 1 saturated heterocycles. The first-order valence-corrected chi connectivity index (χ1v) is 9.89. The number of thioether (sulfide) groups is 1. The summed E-state index contributed by atoms with van der Waals surface area (Å²) in [7, 11) is -3.20. The number of halogens is 1. The normalized spacial score (nSPS) is 20.4. The van der Waals surface area contributed by atoms with Crippen molar-refractivity contribution in [2.75, 3.05) is 24.3 Å². The van der Waals surface area contributed by atoms with Gasteiger partial charge >= 0.3 is 0 Å². The van der Waals surface area contributed by atoms with Crippen LogP contribution in [0.2, 0.25) is 0 Å². The third-order valence-corrected chi connectivity index (χ3v) is 6.31. The molecule has 2 N–H and O–H groups in total. The van der Waals surface area contributed by atoms with Crippen LogP contribution >= 0.6 is 24.0 Å². The largest absolute Gasteiger partial charge is 0.389 e. The van der Waals surface area contributed by atoms with Crippen molar-refractivity contribution in [1.29, 1.82) is 0 Å². The van der Waals surface area contributed by atoms with Crippen molar-refractivity contribution >= 4 is 38.8 Å². The molecular weight excluding hydrogens is 331 g/mol. The van der Waals surface area contributed by atoms with Gasteiger partial charge in [-0.05, 0) is 18.2 Å². The van der Waals surface area contributed by atoms with E-state index in [1.165, 1.54) is 18.4 Å². The number of nitrogens with zero attached hydrogens (tertiary/aromatic N) is 1. The van der Waals surface area contributed by atoms with Gasteiger partial charge in [0.2, 0.25) is 0 Å². The number of nitrogens with two attached hydrogens (primary N) is 1. The smallest absolute Gasteiger partial charge is 0.164 e. The number of benzene rings is 1. The number of hydrogen-bond acceptors (Lipinski definition) is 5. The lowest BCUT2D eigenvalue weighted by Gasteiger charge is -2.34. The van der Waals surface area contributed by atoms with Crippen LogP contribution < -0.4 is 5.73 Å². The molecule has 1 aromatic carbocycles. The van der Waals surface area contributed by atoms with E-state index in [2.05, 4.69) is 0 Å². The van der Waals surface area contributed by atoms with Crippen molar-refractivity contribution in [3.63, 3.8) is 0 Å². The van der Waals surface area contributed by atoms with Crippen molar-refractivity contribution in [2.45, 2.75) is 11.9 Å². The second-order valence-corrected chi connectivity index (χ2v) is 8.79. The Morgan fingerprint density at radius 3 is 2.90 bits per heavy atom. The van der Waals surface area contributed by atoms with Gasteiger partial charge < -0.3 is 5.73 Å². The van der Waals surface area contributed by atoms with Crippen LogP contribution in [0.3, 0.4) is 0 Å². The third kappa shape index (κ3) is 4.15. The lowest BCUT2D eigenvalue weighted by Crippen LogP contribution is -2.46. The van der Waals surface area contributed by atoms with E-state index in [-0.39, 0.29) is 17.4 Å². The highest BCUT2D eigenvalue weighted by Crippen LogP contribution is 2.23. The van der Waals surface area contributed by atoms with Crippen LogP contribution in [-0.4, -0.2) is 48.0 Å². The fraction of sp³-hybridized carbons (Fsp3) is 0.462. The lowest BCUT2D eigenvalue weighted by atomic mass is 10.1. The van der Waals surface area contributed by atoms with Crippen LogP contribution in [0, 0.1) is 5.82 Å². The minimum atomic E-state index is -3.20. The van der Waals surface area contributed by atoms with Crippen LogP contribution in [0.15, 0.2) is 18.2 Å². The Kier molecular flexibility index (Phi) is 5.24. The molecule has 1 unspecified atom stereocenters. The molecule has 1 atom stereocenters. The van der Waals surface area contributed by atoms with E-state index in [0.29, 0.717) is 23.4 Å². The summed E-state index contributed by atoms with van der Waals surface area (Å²) in [6.45, 7) is 0.847. The predicted octanol–water partition coefficient (Wildman–Crippen LogP) is 1.38. The van der Waals surface area contributed by atoms with Gasteiger partial charge in [-0.25, -0.2) is 12.8 Å². The van der Waals surface area contributed by atoms with Gasteiger partial charge in [-0.15, -0.1) is 0 Å². The number of thiocarbonyl (C=S) groups is 1. The highest BCUT2D eigenvalue weighted by atomic mass is 32.2. The topological polar surface area (TPSA) is 63.4 Å². The van der Waals surface area contributed by atoms with Crippen LogP contribution in [0.5, 0.6) is 0 Å². The van der Waals surface area contributed by atoms with Gasteiger partial charge in [-0.1, -0.05) is 12.2 Å². The molecule has 1 aromatic rings. The van der Waals surface area contributed by atoms with Crippen molar-refractivity contribution in [2.24, 2.45) is 5.73 Å². The van der Waals surface area contributed by atoms with E-state index in [9.17, 15) is 12.8 Å². The quantitative estimate of drug-likeness (QED) is 0.830. The molecule has 0 bridgehead atoms. The van der Waals surface area contributed by atoms with Gasteiger partial charge in [-0.3, -0.25) is 4.90 Å². The fourth-order valence-corrected chi connectivity index (χ4v) is 5.33. The Morgan fingerprint density at radius 1 is 1.57 bits per heavy atom. The minimum absolute atomic E-state index is 0.199. The molecule has 0 amide bonds. The molecule has 1 fully saturated rings. The molecule has 0 aromatic heterocycles. The molecule has 1 aliphatic heterocycles. The maximum absolute atomic E-state index is 13.9. The molecular formula is C13H17FN2O2S3. The highest BCUT2D eigenvalue weighted by molar-refractivity contribution is 8.00. The maximum atomic E-state index is 13.9. The van der Waals surface area contributed by atoms with Crippen LogP contribution in [0.4, 0.5) is 4.39 Å². The molecule has 8 heteroatoms. The van der Waals surface area contributed by atoms with E-state index in [0.717, 1.165) is 5.75 Å². The zero-order valence-corrected chi connectivity index (χ0v) is 14.0. The first-order valence-electron chi connectivity index (χ1n) is 6.38. The average Bonchev–Trinajstić information content (AvgIpc) is 2.40. The van der Waals surface area contributed by atoms with E-state index in [1.807, 2.05) is 0 Å². The highest BCUT2D eigenvalue weighted by Gasteiger charge is 2.31. The molecule has 21 heavy (non-hydrogen) atoms. The van der Waals surface area contributed by atoms with E-state index in [1.54, 1.807) is 22.7 Å². The summed E-state index contributed by atoms with van der Waals surface area (Å²) >= 11 is 6.50. The first-order chi connectivity index (χ1) is 9.79. The Hall–Kier alpha value is -0.700. The lowest BCUT2D eigenvalue weighted by molar-refractivity contribution is 0.258. The van der Waals surface area contributed by atoms with Crippen LogP contribution in [0.1, 0.15) is 11.1 Å². The summed E-state index contributed by atoms with van der Waals surface area (Å²) in [5.41, 5.74) is 6.56. The van der Waals surface area contributed by atoms with Gasteiger partial charge in [-0.2, -0.15) is 11.8 Å². The van der Waals surface area contributed by atoms with Crippen molar-refractivity contribution in [3.8, 4) is 0 Å². The number of rotatable bonds is 4. The van der Waals surface area contributed by atoms with Gasteiger partial charge in [0.1, 0.15) is 16.2 Å². The second-order valence-electron chi connectivity index (χ2n) is 5.00. The van der Waals surface area contributed by atoms with Crippen LogP contribution in [-0.2, 0) is 16.4 Å². The Bertz CT molecular complexity index is 649. The van der Waals surface area contributed by atoms with Crippen molar-refractivity contribution < 1.29 is 12.8 Å². The summed E-state index contributed by atoms with van der Waals surface area (Å²) in [5, 5.41) is -0.580.